The molecule has 1 atom stereocenters. The number of hydrogen-bond acceptors (Lipinski definition) is 4. The summed E-state index contributed by atoms with van der Waals surface area (Å²) in [6.45, 7) is 6.93. The molecule has 2 rings (SSSR count). The van der Waals surface area contributed by atoms with Gasteiger partial charge in [0, 0.05) is 44.3 Å². The van der Waals surface area contributed by atoms with Crippen LogP contribution < -0.4 is 5.32 Å². The van der Waals surface area contributed by atoms with Gasteiger partial charge in [-0.1, -0.05) is 23.7 Å². The first-order valence-corrected chi connectivity index (χ1v) is 8.04. The fourth-order valence-electron chi connectivity index (χ4n) is 2.61. The SMILES string of the molecule is CC(O)CN1CCN(CC(=O)NCc2cccc(Cl)c2)CC1. The van der Waals surface area contributed by atoms with Crippen molar-refractivity contribution in [1.29, 1.82) is 0 Å². The maximum atomic E-state index is 12.0. The number of nitrogens with zero attached hydrogens (tertiary/aromatic N) is 2. The third-order valence-corrected chi connectivity index (χ3v) is 3.97. The van der Waals surface area contributed by atoms with E-state index in [1.54, 1.807) is 6.92 Å². The molecule has 0 bridgehead atoms. The quantitative estimate of drug-likeness (QED) is 0.818. The summed E-state index contributed by atoms with van der Waals surface area (Å²) >= 11 is 5.92. The Labute approximate surface area is 136 Å². The summed E-state index contributed by atoms with van der Waals surface area (Å²) in [6, 6.07) is 7.50. The molecular weight excluding hydrogens is 302 g/mol. The van der Waals surface area contributed by atoms with Crippen molar-refractivity contribution in [3.05, 3.63) is 34.9 Å². The third kappa shape index (κ3) is 5.93. The Balaban J connectivity index is 1.68. The number of carbonyl (C=O) groups is 1. The Hall–Kier alpha value is -1.14. The summed E-state index contributed by atoms with van der Waals surface area (Å²) in [7, 11) is 0. The molecule has 6 heteroatoms. The highest BCUT2D eigenvalue weighted by Gasteiger charge is 2.19. The van der Waals surface area contributed by atoms with E-state index in [9.17, 15) is 9.90 Å². The van der Waals surface area contributed by atoms with E-state index in [1.165, 1.54) is 0 Å². The number of aliphatic hydroxyl groups excluding tert-OH is 1. The highest BCUT2D eigenvalue weighted by atomic mass is 35.5. The number of carbonyl (C=O) groups excluding carboxylic acids is 1. The lowest BCUT2D eigenvalue weighted by atomic mass is 10.2. The standard InChI is InChI=1S/C16H24ClN3O2/c1-13(21)11-19-5-7-20(8-6-19)12-16(22)18-10-14-3-2-4-15(17)9-14/h2-4,9,13,21H,5-8,10-12H2,1H3,(H,18,22). The van der Waals surface area contributed by atoms with Gasteiger partial charge in [-0.3, -0.25) is 14.6 Å². The molecule has 0 aliphatic carbocycles. The molecule has 1 fully saturated rings. The van der Waals surface area contributed by atoms with Crippen LogP contribution in [0.5, 0.6) is 0 Å². The first kappa shape index (κ1) is 17.2. The van der Waals surface area contributed by atoms with Crippen LogP contribution in [-0.2, 0) is 11.3 Å². The minimum atomic E-state index is -0.299. The number of rotatable bonds is 6. The van der Waals surface area contributed by atoms with Crippen molar-refractivity contribution >= 4 is 17.5 Å². The van der Waals surface area contributed by atoms with Crippen molar-refractivity contribution in [3.8, 4) is 0 Å². The van der Waals surface area contributed by atoms with E-state index in [0.717, 1.165) is 31.7 Å². The summed E-state index contributed by atoms with van der Waals surface area (Å²) in [4.78, 5) is 16.4. The lowest BCUT2D eigenvalue weighted by Crippen LogP contribution is -2.50. The topological polar surface area (TPSA) is 55.8 Å². The molecule has 1 saturated heterocycles. The molecule has 1 aromatic carbocycles. The van der Waals surface area contributed by atoms with Gasteiger partial charge in [0.15, 0.2) is 0 Å². The van der Waals surface area contributed by atoms with Crippen LogP contribution in [-0.4, -0.2) is 66.2 Å². The molecule has 1 aliphatic rings. The van der Waals surface area contributed by atoms with E-state index in [2.05, 4.69) is 15.1 Å². The minimum Gasteiger partial charge on any atom is -0.392 e. The van der Waals surface area contributed by atoms with E-state index in [0.29, 0.717) is 24.7 Å². The molecule has 0 aromatic heterocycles. The molecule has 0 radical (unpaired) electrons. The number of aliphatic hydroxyl groups is 1. The molecule has 0 spiro atoms. The summed E-state index contributed by atoms with van der Waals surface area (Å²) in [5.41, 5.74) is 1.00. The highest BCUT2D eigenvalue weighted by Crippen LogP contribution is 2.10. The predicted octanol–water partition coefficient (Wildman–Crippen LogP) is 0.955. The summed E-state index contributed by atoms with van der Waals surface area (Å²) in [6.07, 6.45) is -0.299. The van der Waals surface area contributed by atoms with Gasteiger partial charge in [-0.2, -0.15) is 0 Å². The fraction of sp³-hybridized carbons (Fsp3) is 0.562. The van der Waals surface area contributed by atoms with Crippen LogP contribution in [0.25, 0.3) is 0 Å². The zero-order valence-electron chi connectivity index (χ0n) is 13.0. The molecule has 0 saturated carbocycles. The maximum Gasteiger partial charge on any atom is 0.234 e. The number of hydrogen-bond donors (Lipinski definition) is 2. The van der Waals surface area contributed by atoms with Crippen molar-refractivity contribution in [2.24, 2.45) is 0 Å². The van der Waals surface area contributed by atoms with Gasteiger partial charge in [-0.05, 0) is 24.6 Å². The smallest absolute Gasteiger partial charge is 0.234 e. The molecule has 2 N–H and O–H groups in total. The summed E-state index contributed by atoms with van der Waals surface area (Å²) in [5, 5.41) is 13.0. The Morgan fingerprint density at radius 1 is 1.32 bits per heavy atom. The number of piperazine rings is 1. The van der Waals surface area contributed by atoms with Gasteiger partial charge in [0.1, 0.15) is 0 Å². The molecule has 122 valence electrons. The van der Waals surface area contributed by atoms with Gasteiger partial charge in [-0.15, -0.1) is 0 Å². The first-order chi connectivity index (χ1) is 10.5. The van der Waals surface area contributed by atoms with Crippen molar-refractivity contribution < 1.29 is 9.90 Å². The minimum absolute atomic E-state index is 0.0314. The van der Waals surface area contributed by atoms with Gasteiger partial charge in [0.05, 0.1) is 12.6 Å². The Morgan fingerprint density at radius 3 is 2.64 bits per heavy atom. The van der Waals surface area contributed by atoms with Crippen LogP contribution in [0.15, 0.2) is 24.3 Å². The van der Waals surface area contributed by atoms with Crippen molar-refractivity contribution in [2.45, 2.75) is 19.6 Å². The highest BCUT2D eigenvalue weighted by molar-refractivity contribution is 6.30. The van der Waals surface area contributed by atoms with Gasteiger partial charge < -0.3 is 10.4 Å². The largest absolute Gasteiger partial charge is 0.392 e. The second kappa shape index (κ2) is 8.48. The molecule has 1 heterocycles. The molecule has 1 unspecified atom stereocenters. The van der Waals surface area contributed by atoms with Gasteiger partial charge in [0.2, 0.25) is 5.91 Å². The second-order valence-electron chi connectivity index (χ2n) is 5.83. The molecule has 22 heavy (non-hydrogen) atoms. The Kier molecular flexibility index (Phi) is 6.64. The van der Waals surface area contributed by atoms with Crippen LogP contribution in [0.2, 0.25) is 5.02 Å². The van der Waals surface area contributed by atoms with E-state index >= 15 is 0 Å². The lowest BCUT2D eigenvalue weighted by molar-refractivity contribution is -0.122. The number of benzene rings is 1. The van der Waals surface area contributed by atoms with Gasteiger partial charge in [-0.25, -0.2) is 0 Å². The molecule has 5 nitrogen and oxygen atoms in total. The normalized spacial score (nSPS) is 18.1. The average molecular weight is 326 g/mol. The Morgan fingerprint density at radius 2 is 2.00 bits per heavy atom. The summed E-state index contributed by atoms with van der Waals surface area (Å²) in [5.74, 6) is 0.0314. The van der Waals surface area contributed by atoms with E-state index < -0.39 is 0 Å². The first-order valence-electron chi connectivity index (χ1n) is 7.67. The second-order valence-corrected chi connectivity index (χ2v) is 6.27. The third-order valence-electron chi connectivity index (χ3n) is 3.73. The number of amides is 1. The van der Waals surface area contributed by atoms with Gasteiger partial charge in [0.25, 0.3) is 0 Å². The zero-order valence-corrected chi connectivity index (χ0v) is 13.7. The van der Waals surface area contributed by atoms with Gasteiger partial charge >= 0.3 is 0 Å². The predicted molar refractivity (Wildman–Crippen MR) is 87.9 cm³/mol. The van der Waals surface area contributed by atoms with Crippen LogP contribution >= 0.6 is 11.6 Å². The number of nitrogens with one attached hydrogen (secondary N) is 1. The van der Waals surface area contributed by atoms with Crippen molar-refractivity contribution in [3.63, 3.8) is 0 Å². The number of β-amino-alcohol motifs (C(OH)–C–C–N with tert-alkyl or cyclic N) is 1. The van der Waals surface area contributed by atoms with Crippen molar-refractivity contribution in [1.82, 2.24) is 15.1 Å². The summed E-state index contributed by atoms with van der Waals surface area (Å²) < 4.78 is 0. The van der Waals surface area contributed by atoms with Crippen molar-refractivity contribution in [2.75, 3.05) is 39.3 Å². The van der Waals surface area contributed by atoms with Crippen LogP contribution in [0.1, 0.15) is 12.5 Å². The van der Waals surface area contributed by atoms with E-state index in [4.69, 9.17) is 11.6 Å². The Bertz CT molecular complexity index is 488. The lowest BCUT2D eigenvalue weighted by Gasteiger charge is -2.34. The zero-order chi connectivity index (χ0) is 15.9. The molecule has 1 amide bonds. The number of halogens is 1. The molecule has 1 aromatic rings. The molecule has 1 aliphatic heterocycles. The van der Waals surface area contributed by atoms with E-state index in [1.807, 2.05) is 24.3 Å². The van der Waals surface area contributed by atoms with Crippen LogP contribution in [0, 0.1) is 0 Å². The van der Waals surface area contributed by atoms with Crippen LogP contribution in [0.3, 0.4) is 0 Å². The maximum absolute atomic E-state index is 12.0. The van der Waals surface area contributed by atoms with E-state index in [-0.39, 0.29) is 12.0 Å². The average Bonchev–Trinajstić information content (AvgIpc) is 2.47. The molecular formula is C16H24ClN3O2. The fourth-order valence-corrected chi connectivity index (χ4v) is 2.82. The van der Waals surface area contributed by atoms with Crippen LogP contribution in [0.4, 0.5) is 0 Å². The monoisotopic (exact) mass is 325 g/mol.